The van der Waals surface area contributed by atoms with Gasteiger partial charge in [0.05, 0.1) is 6.04 Å². The molecule has 1 nitrogen and oxygen atoms in total. The van der Waals surface area contributed by atoms with Crippen molar-refractivity contribution in [2.45, 2.75) is 45.1 Å². The first kappa shape index (κ1) is 6.38. The van der Waals surface area contributed by atoms with Crippen molar-refractivity contribution in [1.82, 2.24) is 0 Å². The molecule has 56 valence electrons. The lowest BCUT2D eigenvalue weighted by atomic mass is 9.84. The van der Waals surface area contributed by atoms with Gasteiger partial charge in [0.2, 0.25) is 0 Å². The summed E-state index contributed by atoms with van der Waals surface area (Å²) in [7, 11) is 0. The first-order valence-electron chi connectivity index (χ1n) is 4.39. The van der Waals surface area contributed by atoms with Crippen LogP contribution < -0.4 is 0 Å². The van der Waals surface area contributed by atoms with Crippen LogP contribution in [0.3, 0.4) is 0 Å². The van der Waals surface area contributed by atoms with Crippen LogP contribution >= 0.6 is 0 Å². The second-order valence-electron chi connectivity index (χ2n) is 3.68. The van der Waals surface area contributed by atoms with Crippen LogP contribution in [0.1, 0.15) is 39.0 Å². The van der Waals surface area contributed by atoms with Gasteiger partial charge in [-0.25, -0.2) is 0 Å². The second-order valence-corrected chi connectivity index (χ2v) is 3.68. The summed E-state index contributed by atoms with van der Waals surface area (Å²) in [6, 6.07) is 0.730. The van der Waals surface area contributed by atoms with Gasteiger partial charge in [-0.05, 0) is 32.1 Å². The van der Waals surface area contributed by atoms with Gasteiger partial charge in [0.15, 0.2) is 0 Å². The fourth-order valence-electron chi connectivity index (χ4n) is 2.31. The summed E-state index contributed by atoms with van der Waals surface area (Å²) in [5.41, 5.74) is 1.40. The summed E-state index contributed by atoms with van der Waals surface area (Å²) in [4.78, 5) is 4.63. The zero-order valence-electron chi connectivity index (χ0n) is 6.64. The molecule has 0 amide bonds. The van der Waals surface area contributed by atoms with Gasteiger partial charge in [-0.1, -0.05) is 12.8 Å². The van der Waals surface area contributed by atoms with E-state index in [0.29, 0.717) is 0 Å². The van der Waals surface area contributed by atoms with Crippen molar-refractivity contribution in [2.75, 3.05) is 0 Å². The minimum Gasteiger partial charge on any atom is -0.291 e. The molecule has 2 rings (SSSR count). The van der Waals surface area contributed by atoms with Gasteiger partial charge >= 0.3 is 0 Å². The number of hydrogen-bond donors (Lipinski definition) is 0. The van der Waals surface area contributed by atoms with Gasteiger partial charge in [-0.3, -0.25) is 4.99 Å². The summed E-state index contributed by atoms with van der Waals surface area (Å²) in [6.07, 6.45) is 6.96. The van der Waals surface area contributed by atoms with Crippen LogP contribution in [0.5, 0.6) is 0 Å². The quantitative estimate of drug-likeness (QED) is 0.486. The van der Waals surface area contributed by atoms with E-state index in [2.05, 4.69) is 11.9 Å². The maximum atomic E-state index is 4.63. The minimum atomic E-state index is 0.730. The largest absolute Gasteiger partial charge is 0.291 e. The third-order valence-corrected chi connectivity index (χ3v) is 2.81. The van der Waals surface area contributed by atoms with Gasteiger partial charge < -0.3 is 0 Å². The SMILES string of the molecule is CC1=N[C@H]2CCCC[C@H]2C1. The lowest BCUT2D eigenvalue weighted by molar-refractivity contribution is 0.337. The van der Waals surface area contributed by atoms with Crippen molar-refractivity contribution >= 4 is 5.71 Å². The molecule has 0 unspecified atom stereocenters. The molecule has 1 saturated carbocycles. The molecule has 1 aliphatic carbocycles. The molecule has 1 heterocycles. The summed E-state index contributed by atoms with van der Waals surface area (Å²) in [5, 5.41) is 0. The van der Waals surface area contributed by atoms with Crippen LogP contribution in [0.4, 0.5) is 0 Å². The lowest BCUT2D eigenvalue weighted by Crippen LogP contribution is -2.18. The fraction of sp³-hybridized carbons (Fsp3) is 0.889. The maximum Gasteiger partial charge on any atom is 0.0530 e. The van der Waals surface area contributed by atoms with E-state index in [9.17, 15) is 0 Å². The molecular weight excluding hydrogens is 122 g/mol. The van der Waals surface area contributed by atoms with Gasteiger partial charge in [0.25, 0.3) is 0 Å². The Bertz CT molecular complexity index is 160. The number of fused-ring (bicyclic) bond motifs is 1. The Labute approximate surface area is 62.5 Å². The molecule has 2 aliphatic rings. The second kappa shape index (κ2) is 2.37. The minimum absolute atomic E-state index is 0.730. The molecule has 0 saturated heterocycles. The smallest absolute Gasteiger partial charge is 0.0530 e. The number of aliphatic imine (C=N–C) groups is 1. The molecule has 0 aromatic carbocycles. The van der Waals surface area contributed by atoms with Crippen LogP contribution in [0.25, 0.3) is 0 Å². The molecule has 2 atom stereocenters. The molecule has 10 heavy (non-hydrogen) atoms. The highest BCUT2D eigenvalue weighted by molar-refractivity contribution is 5.84. The van der Waals surface area contributed by atoms with E-state index in [-0.39, 0.29) is 0 Å². The third-order valence-electron chi connectivity index (χ3n) is 2.81. The molecule has 1 aliphatic heterocycles. The van der Waals surface area contributed by atoms with Crippen LogP contribution in [-0.2, 0) is 0 Å². The van der Waals surface area contributed by atoms with E-state index < -0.39 is 0 Å². The zero-order chi connectivity index (χ0) is 6.97. The van der Waals surface area contributed by atoms with E-state index in [1.165, 1.54) is 37.8 Å². The molecule has 1 fully saturated rings. The molecule has 0 N–H and O–H groups in total. The predicted molar refractivity (Wildman–Crippen MR) is 43.5 cm³/mol. The van der Waals surface area contributed by atoms with Crippen molar-refractivity contribution in [2.24, 2.45) is 10.9 Å². The van der Waals surface area contributed by atoms with Crippen molar-refractivity contribution < 1.29 is 0 Å². The predicted octanol–water partition coefficient (Wildman–Crippen LogP) is 2.41. The Morgan fingerprint density at radius 2 is 2.10 bits per heavy atom. The standard InChI is InChI=1S/C9H15N/c1-7-6-8-4-2-3-5-9(8)10-7/h8-9H,2-6H2,1H3/t8-,9-/m0/s1. The van der Waals surface area contributed by atoms with Crippen LogP contribution in [0.15, 0.2) is 4.99 Å². The lowest BCUT2D eigenvalue weighted by Gasteiger charge is -2.22. The normalized spacial score (nSPS) is 39.1. The Balaban J connectivity index is 2.06. The Morgan fingerprint density at radius 1 is 1.30 bits per heavy atom. The van der Waals surface area contributed by atoms with Crippen LogP contribution in [0, 0.1) is 5.92 Å². The van der Waals surface area contributed by atoms with E-state index >= 15 is 0 Å². The van der Waals surface area contributed by atoms with Crippen molar-refractivity contribution in [3.63, 3.8) is 0 Å². The maximum absolute atomic E-state index is 4.63. The Morgan fingerprint density at radius 3 is 2.90 bits per heavy atom. The van der Waals surface area contributed by atoms with Gasteiger partial charge in [-0.15, -0.1) is 0 Å². The monoisotopic (exact) mass is 137 g/mol. The molecule has 0 bridgehead atoms. The highest BCUT2D eigenvalue weighted by atomic mass is 14.8. The first-order chi connectivity index (χ1) is 4.86. The van der Waals surface area contributed by atoms with Crippen LogP contribution in [0.2, 0.25) is 0 Å². The van der Waals surface area contributed by atoms with E-state index in [1.807, 2.05) is 0 Å². The topological polar surface area (TPSA) is 12.4 Å². The highest BCUT2D eigenvalue weighted by Crippen LogP contribution is 2.33. The van der Waals surface area contributed by atoms with E-state index in [4.69, 9.17) is 0 Å². The van der Waals surface area contributed by atoms with Crippen LogP contribution in [-0.4, -0.2) is 11.8 Å². The summed E-state index contributed by atoms with van der Waals surface area (Å²) in [6.45, 7) is 2.18. The van der Waals surface area contributed by atoms with Gasteiger partial charge in [0, 0.05) is 5.71 Å². The molecule has 0 radical (unpaired) electrons. The van der Waals surface area contributed by atoms with Crippen molar-refractivity contribution in [1.29, 1.82) is 0 Å². The number of nitrogens with zero attached hydrogens (tertiary/aromatic N) is 1. The summed E-state index contributed by atoms with van der Waals surface area (Å²) in [5.74, 6) is 0.939. The zero-order valence-corrected chi connectivity index (χ0v) is 6.64. The average molecular weight is 137 g/mol. The number of rotatable bonds is 0. The van der Waals surface area contributed by atoms with Crippen molar-refractivity contribution in [3.05, 3.63) is 0 Å². The third kappa shape index (κ3) is 0.979. The molecule has 0 aromatic rings. The molecule has 1 heteroatoms. The molecule has 0 spiro atoms. The van der Waals surface area contributed by atoms with Gasteiger partial charge in [-0.2, -0.15) is 0 Å². The Hall–Kier alpha value is -0.330. The molecule has 0 aromatic heterocycles. The van der Waals surface area contributed by atoms with E-state index in [1.54, 1.807) is 0 Å². The van der Waals surface area contributed by atoms with Gasteiger partial charge in [0.1, 0.15) is 0 Å². The summed E-state index contributed by atoms with van der Waals surface area (Å²) < 4.78 is 0. The Kier molecular flexibility index (Phi) is 1.51. The van der Waals surface area contributed by atoms with E-state index in [0.717, 1.165) is 12.0 Å². The molecular formula is C9H15N. The number of hydrogen-bond acceptors (Lipinski definition) is 1. The highest BCUT2D eigenvalue weighted by Gasteiger charge is 2.29. The average Bonchev–Trinajstić information content (AvgIpc) is 2.27. The summed E-state index contributed by atoms with van der Waals surface area (Å²) >= 11 is 0. The fourth-order valence-corrected chi connectivity index (χ4v) is 2.31. The first-order valence-corrected chi connectivity index (χ1v) is 4.39. The van der Waals surface area contributed by atoms with Crippen molar-refractivity contribution in [3.8, 4) is 0 Å².